The molecule has 0 aromatic heterocycles. The van der Waals surface area contributed by atoms with Gasteiger partial charge in [0.1, 0.15) is 5.56 Å². The zero-order chi connectivity index (χ0) is 34.1. The van der Waals surface area contributed by atoms with Crippen LogP contribution in [0.15, 0.2) is 42.6 Å². The van der Waals surface area contributed by atoms with E-state index in [1.807, 2.05) is 24.3 Å². The summed E-state index contributed by atoms with van der Waals surface area (Å²) in [6, 6.07) is 10.00. The third kappa shape index (κ3) is 7.47. The van der Waals surface area contributed by atoms with Gasteiger partial charge >= 0.3 is 0 Å². The number of nitro groups is 1. The molecule has 0 radical (unpaired) electrons. The van der Waals surface area contributed by atoms with Gasteiger partial charge in [-0.2, -0.15) is 0 Å². The molecular weight excluding hydrogens is 603 g/mol. The number of carbonyl (C=O) groups is 1. The van der Waals surface area contributed by atoms with Gasteiger partial charge in [0, 0.05) is 18.0 Å². The molecule has 0 saturated heterocycles. The van der Waals surface area contributed by atoms with E-state index >= 15 is 0 Å². The smallest absolute Gasteiger partial charge is 0.286 e. The second-order valence-corrected chi connectivity index (χ2v) is 24.8. The number of methoxy groups -OCH3 is 1. The Morgan fingerprint density at radius 3 is 2.04 bits per heavy atom. The quantitative estimate of drug-likeness (QED) is 0.105. The molecule has 1 atom stereocenters. The molecule has 2 N–H and O–H groups in total. The minimum atomic E-state index is -2.48. The number of amides is 1. The molecule has 1 aliphatic rings. The van der Waals surface area contributed by atoms with Crippen LogP contribution in [0.4, 0.5) is 11.4 Å². The molecule has 1 unspecified atom stereocenters. The predicted molar refractivity (Wildman–Crippen MR) is 188 cm³/mol. The van der Waals surface area contributed by atoms with Crippen LogP contribution in [0.5, 0.6) is 11.5 Å². The fourth-order valence-corrected chi connectivity index (χ4v) is 12.5. The minimum absolute atomic E-state index is 0.0177. The van der Waals surface area contributed by atoms with Crippen molar-refractivity contribution in [1.29, 1.82) is 0 Å². The summed E-state index contributed by atoms with van der Waals surface area (Å²) in [4.78, 5) is 28.0. The number of anilines is 1. The van der Waals surface area contributed by atoms with Gasteiger partial charge in [0.05, 0.1) is 30.7 Å². The first-order valence-corrected chi connectivity index (χ1v) is 20.9. The number of nitrogens with two attached hydrogens (primary N) is 1. The number of carbonyl (C=O) groups excluding carboxylic acids is 1. The van der Waals surface area contributed by atoms with Crippen LogP contribution >= 0.6 is 0 Å². The maximum atomic E-state index is 14.3. The predicted octanol–water partition coefficient (Wildman–Crippen LogP) is 9.02. The van der Waals surface area contributed by atoms with E-state index < -0.39 is 27.5 Å². The summed E-state index contributed by atoms with van der Waals surface area (Å²) in [6.45, 7) is 24.1. The number of hydrogen-bond acceptors (Lipinski definition) is 7. The van der Waals surface area contributed by atoms with Crippen molar-refractivity contribution in [1.82, 2.24) is 4.90 Å². The van der Waals surface area contributed by atoms with Crippen LogP contribution in [0, 0.1) is 10.1 Å². The number of rotatable bonds is 12. The van der Waals surface area contributed by atoms with Crippen LogP contribution in [0.25, 0.3) is 5.57 Å². The van der Waals surface area contributed by atoms with Crippen molar-refractivity contribution in [3.05, 3.63) is 63.8 Å². The maximum absolute atomic E-state index is 14.3. The van der Waals surface area contributed by atoms with E-state index in [1.165, 1.54) is 19.2 Å². The molecule has 1 amide bonds. The summed E-state index contributed by atoms with van der Waals surface area (Å²) in [5, 5.41) is 12.5. The molecule has 45 heavy (non-hydrogen) atoms. The lowest BCUT2D eigenvalue weighted by molar-refractivity contribution is -0.385. The highest BCUT2D eigenvalue weighted by molar-refractivity contribution is 6.78. The molecule has 11 heteroatoms. The van der Waals surface area contributed by atoms with E-state index in [-0.39, 0.29) is 39.0 Å². The van der Waals surface area contributed by atoms with E-state index in [2.05, 4.69) is 75.4 Å². The van der Waals surface area contributed by atoms with Gasteiger partial charge < -0.3 is 24.2 Å². The Balaban J connectivity index is 2.12. The van der Waals surface area contributed by atoms with Crippen molar-refractivity contribution in [2.45, 2.75) is 110 Å². The fraction of sp³-hybridized carbons (Fsp3) is 0.559. The van der Waals surface area contributed by atoms with Crippen molar-refractivity contribution >= 4 is 39.5 Å². The first kappa shape index (κ1) is 36.3. The zero-order valence-electron chi connectivity index (χ0n) is 29.2. The third-order valence-electron chi connectivity index (χ3n) is 9.81. The van der Waals surface area contributed by atoms with Crippen molar-refractivity contribution in [3.63, 3.8) is 0 Å². The average Bonchev–Trinajstić information content (AvgIpc) is 3.37. The summed E-state index contributed by atoms with van der Waals surface area (Å²) >= 11 is 0. The fourth-order valence-electron chi connectivity index (χ4n) is 6.25. The van der Waals surface area contributed by atoms with Gasteiger partial charge in [-0.25, -0.2) is 0 Å². The average molecular weight is 656 g/mol. The van der Waals surface area contributed by atoms with Gasteiger partial charge in [0.25, 0.3) is 19.9 Å². The molecule has 248 valence electrons. The van der Waals surface area contributed by atoms with Gasteiger partial charge in [0.2, 0.25) is 0 Å². The largest absolute Gasteiger partial charge is 0.540 e. The Morgan fingerprint density at radius 2 is 1.58 bits per heavy atom. The number of ether oxygens (including phenoxy) is 1. The Labute approximate surface area is 271 Å². The van der Waals surface area contributed by atoms with Crippen molar-refractivity contribution in [2.24, 2.45) is 0 Å². The molecule has 0 spiro atoms. The maximum Gasteiger partial charge on any atom is 0.286 e. The number of hydrogen-bond donors (Lipinski definition) is 1. The number of nitrogen functional groups attached to an aromatic ring is 1. The van der Waals surface area contributed by atoms with Crippen molar-refractivity contribution in [3.8, 4) is 11.5 Å². The SMILES string of the molecule is COc1cc(C(=O)N2C=C(c3ccc(N)cc3)CC2CO[Si](C)(C)C(C)(C)C)c([N+](=O)[O-])cc1O[Si](C(C)C)(C(C)C)C(C)C. The minimum Gasteiger partial charge on any atom is -0.540 e. The second-order valence-electron chi connectivity index (χ2n) is 14.6. The Kier molecular flexibility index (Phi) is 11.0. The first-order chi connectivity index (χ1) is 20.8. The summed E-state index contributed by atoms with van der Waals surface area (Å²) in [5.74, 6) is 0.126. The van der Waals surface area contributed by atoms with Crippen LogP contribution < -0.4 is 14.9 Å². The van der Waals surface area contributed by atoms with Crippen LogP contribution in [0.1, 0.15) is 84.7 Å². The third-order valence-corrected chi connectivity index (χ3v) is 20.3. The van der Waals surface area contributed by atoms with E-state index in [1.54, 1.807) is 11.1 Å². The molecule has 1 aliphatic heterocycles. The molecule has 2 aromatic rings. The van der Waals surface area contributed by atoms with Crippen LogP contribution in [-0.2, 0) is 4.43 Å². The van der Waals surface area contributed by atoms with Crippen molar-refractivity contribution < 1.29 is 23.3 Å². The van der Waals surface area contributed by atoms with Crippen LogP contribution in [-0.4, -0.2) is 52.1 Å². The van der Waals surface area contributed by atoms with Gasteiger partial charge in [-0.1, -0.05) is 74.4 Å². The summed E-state index contributed by atoms with van der Waals surface area (Å²) < 4.78 is 19.1. The number of benzene rings is 2. The second kappa shape index (κ2) is 13.7. The van der Waals surface area contributed by atoms with Gasteiger partial charge in [-0.3, -0.25) is 14.9 Å². The Bertz CT molecular complexity index is 1390. The topological polar surface area (TPSA) is 117 Å². The highest BCUT2D eigenvalue weighted by atomic mass is 28.4. The molecule has 0 fully saturated rings. The molecular formula is C34H53N3O6Si2. The number of nitro benzene ring substituents is 1. The van der Waals surface area contributed by atoms with E-state index in [0.717, 1.165) is 11.1 Å². The molecule has 0 saturated carbocycles. The lowest BCUT2D eigenvalue weighted by atomic mass is 10.0. The molecule has 3 rings (SSSR count). The summed E-state index contributed by atoms with van der Waals surface area (Å²) in [7, 11) is -3.13. The summed E-state index contributed by atoms with van der Waals surface area (Å²) in [5.41, 5.74) is 8.80. The first-order valence-electron chi connectivity index (χ1n) is 15.8. The van der Waals surface area contributed by atoms with Gasteiger partial charge in [-0.15, -0.1) is 0 Å². The standard InChI is InChI=1S/C34H53N3O6Si2/c1-22(2)45(23(3)4,24(5)6)43-32-19-30(37(39)40)29(18-31(32)41-10)33(38)36-20-26(25-13-15-27(35)16-14-25)17-28(36)21-42-44(11,12)34(7,8)9/h13-16,18-20,22-24,28H,17,21,35H2,1-12H3. The van der Waals surface area contributed by atoms with Gasteiger partial charge in [-0.05, 0) is 64.4 Å². The monoisotopic (exact) mass is 655 g/mol. The van der Waals surface area contributed by atoms with E-state index in [0.29, 0.717) is 30.2 Å². The zero-order valence-corrected chi connectivity index (χ0v) is 31.2. The highest BCUT2D eigenvalue weighted by Gasteiger charge is 2.48. The molecule has 0 aliphatic carbocycles. The van der Waals surface area contributed by atoms with E-state index in [9.17, 15) is 14.9 Å². The lowest BCUT2D eigenvalue weighted by Crippen LogP contribution is -2.50. The Hall–Kier alpha value is -3.16. The highest BCUT2D eigenvalue weighted by Crippen LogP contribution is 2.47. The van der Waals surface area contributed by atoms with E-state index in [4.69, 9.17) is 19.3 Å². The van der Waals surface area contributed by atoms with Crippen LogP contribution in [0.3, 0.4) is 0 Å². The number of nitrogens with zero attached hydrogens (tertiary/aromatic N) is 2. The normalized spacial score (nSPS) is 16.0. The van der Waals surface area contributed by atoms with Crippen LogP contribution in [0.2, 0.25) is 34.8 Å². The summed E-state index contributed by atoms with van der Waals surface area (Å²) in [6.07, 6.45) is 2.34. The van der Waals surface area contributed by atoms with Gasteiger partial charge in [0.15, 0.2) is 19.8 Å². The Morgan fingerprint density at radius 1 is 1.02 bits per heavy atom. The molecule has 9 nitrogen and oxygen atoms in total. The molecule has 0 bridgehead atoms. The lowest BCUT2D eigenvalue weighted by Gasteiger charge is -2.42. The molecule has 1 heterocycles. The molecule has 2 aromatic carbocycles. The van der Waals surface area contributed by atoms with Crippen molar-refractivity contribution in [2.75, 3.05) is 19.5 Å².